The van der Waals surface area contributed by atoms with Gasteiger partial charge in [0.05, 0.1) is 17.5 Å². The Balaban J connectivity index is 2.76. The van der Waals surface area contributed by atoms with Crippen LogP contribution in [0.25, 0.3) is 0 Å². The Labute approximate surface area is 110 Å². The van der Waals surface area contributed by atoms with Crippen molar-refractivity contribution in [1.82, 2.24) is 5.32 Å². The molecule has 0 saturated carbocycles. The summed E-state index contributed by atoms with van der Waals surface area (Å²) in [5.41, 5.74) is 11.2. The van der Waals surface area contributed by atoms with Crippen molar-refractivity contribution in [2.45, 2.75) is 25.6 Å². The van der Waals surface area contributed by atoms with E-state index in [2.05, 4.69) is 5.32 Å². The molecule has 0 heterocycles. The molecule has 0 saturated heterocycles. The van der Waals surface area contributed by atoms with Crippen molar-refractivity contribution in [2.24, 2.45) is 0 Å². The van der Waals surface area contributed by atoms with Crippen LogP contribution in [0.5, 0.6) is 0 Å². The highest BCUT2D eigenvalue weighted by atomic mass is 19.1. The fourth-order valence-electron chi connectivity index (χ4n) is 1.67. The molecule has 1 amide bonds. The van der Waals surface area contributed by atoms with Gasteiger partial charge in [-0.25, -0.2) is 4.39 Å². The fourth-order valence-corrected chi connectivity index (χ4v) is 1.67. The molecular formula is C12H18FN3O3. The number of carbonyl (C=O) groups excluding carboxylic acids is 1. The summed E-state index contributed by atoms with van der Waals surface area (Å²) in [6.07, 6.45) is -2.45. The van der Waals surface area contributed by atoms with Gasteiger partial charge in [-0.2, -0.15) is 0 Å². The molecule has 0 aliphatic rings. The Morgan fingerprint density at radius 3 is 2.63 bits per heavy atom. The van der Waals surface area contributed by atoms with Gasteiger partial charge in [0.1, 0.15) is 11.9 Å². The predicted octanol–water partition coefficient (Wildman–Crippen LogP) is -0.0894. The highest BCUT2D eigenvalue weighted by molar-refractivity contribution is 5.72. The second-order valence-corrected chi connectivity index (χ2v) is 4.28. The molecule has 106 valence electrons. The second-order valence-electron chi connectivity index (χ2n) is 4.28. The first kappa shape index (κ1) is 15.2. The van der Waals surface area contributed by atoms with Crippen LogP contribution in [-0.2, 0) is 4.79 Å². The molecule has 0 aliphatic heterocycles. The smallest absolute Gasteiger partial charge is 0.216 e. The third kappa shape index (κ3) is 4.08. The molecule has 6 nitrogen and oxygen atoms in total. The lowest BCUT2D eigenvalue weighted by Crippen LogP contribution is -2.28. The standard InChI is InChI=1S/C12H18FN3O3/c1-6(17)16-3-2-10(18)12(19)8-4-7(13)5-9(14)11(8)15/h4-5,10,12,18-19H,2-3,14-15H2,1H3,(H,16,17). The lowest BCUT2D eigenvalue weighted by atomic mass is 9.99. The SMILES string of the molecule is CC(=O)NCCC(O)C(O)c1cc(F)cc(N)c1N. The van der Waals surface area contributed by atoms with Gasteiger partial charge in [-0.15, -0.1) is 0 Å². The number of anilines is 2. The van der Waals surface area contributed by atoms with E-state index in [0.29, 0.717) is 0 Å². The van der Waals surface area contributed by atoms with E-state index < -0.39 is 18.0 Å². The van der Waals surface area contributed by atoms with E-state index >= 15 is 0 Å². The number of halogens is 1. The van der Waals surface area contributed by atoms with Crippen LogP contribution in [-0.4, -0.2) is 28.8 Å². The molecule has 0 radical (unpaired) electrons. The predicted molar refractivity (Wildman–Crippen MR) is 69.5 cm³/mol. The van der Waals surface area contributed by atoms with Gasteiger partial charge in [0.25, 0.3) is 0 Å². The number of aliphatic hydroxyl groups is 2. The van der Waals surface area contributed by atoms with Crippen molar-refractivity contribution >= 4 is 17.3 Å². The van der Waals surface area contributed by atoms with Crippen LogP contribution in [0, 0.1) is 5.82 Å². The Bertz CT molecular complexity index is 468. The maximum Gasteiger partial charge on any atom is 0.216 e. The van der Waals surface area contributed by atoms with Gasteiger partial charge in [0.2, 0.25) is 5.91 Å². The Morgan fingerprint density at radius 2 is 2.05 bits per heavy atom. The molecule has 7 N–H and O–H groups in total. The third-order valence-corrected chi connectivity index (χ3v) is 2.71. The average Bonchev–Trinajstić information content (AvgIpc) is 2.32. The third-order valence-electron chi connectivity index (χ3n) is 2.71. The number of nitrogens with two attached hydrogens (primary N) is 2. The number of carbonyl (C=O) groups is 1. The minimum Gasteiger partial charge on any atom is -0.397 e. The van der Waals surface area contributed by atoms with Gasteiger partial charge in [-0.3, -0.25) is 4.79 Å². The first-order valence-electron chi connectivity index (χ1n) is 5.78. The summed E-state index contributed by atoms with van der Waals surface area (Å²) in [6.45, 7) is 1.53. The zero-order valence-electron chi connectivity index (χ0n) is 10.6. The minimum absolute atomic E-state index is 0.00288. The number of nitrogens with one attached hydrogen (secondary N) is 1. The number of hydrogen-bond acceptors (Lipinski definition) is 5. The lowest BCUT2D eigenvalue weighted by Gasteiger charge is -2.20. The largest absolute Gasteiger partial charge is 0.397 e. The van der Waals surface area contributed by atoms with E-state index in [1.807, 2.05) is 0 Å². The summed E-state index contributed by atoms with van der Waals surface area (Å²) >= 11 is 0. The minimum atomic E-state index is -1.37. The van der Waals surface area contributed by atoms with Gasteiger partial charge in [-0.05, 0) is 18.6 Å². The molecule has 1 rings (SSSR count). The molecule has 0 bridgehead atoms. The first-order chi connectivity index (χ1) is 8.82. The topological polar surface area (TPSA) is 122 Å². The molecule has 2 atom stereocenters. The van der Waals surface area contributed by atoms with Crippen LogP contribution in [0.15, 0.2) is 12.1 Å². The monoisotopic (exact) mass is 271 g/mol. The van der Waals surface area contributed by atoms with Gasteiger partial charge in [0, 0.05) is 19.0 Å². The summed E-state index contributed by atoms with van der Waals surface area (Å²) < 4.78 is 13.2. The van der Waals surface area contributed by atoms with Crippen LogP contribution in [0.1, 0.15) is 25.0 Å². The molecule has 0 aliphatic carbocycles. The van der Waals surface area contributed by atoms with E-state index in [4.69, 9.17) is 11.5 Å². The van der Waals surface area contributed by atoms with Gasteiger partial charge >= 0.3 is 0 Å². The Morgan fingerprint density at radius 1 is 1.42 bits per heavy atom. The number of amides is 1. The Hall–Kier alpha value is -1.86. The molecule has 7 heteroatoms. The quantitative estimate of drug-likeness (QED) is 0.479. The average molecular weight is 271 g/mol. The second kappa shape index (κ2) is 6.35. The summed E-state index contributed by atoms with van der Waals surface area (Å²) in [5.74, 6) is -0.883. The van der Waals surface area contributed by atoms with Crippen LogP contribution >= 0.6 is 0 Å². The van der Waals surface area contributed by atoms with Gasteiger partial charge < -0.3 is 27.0 Å². The lowest BCUT2D eigenvalue weighted by molar-refractivity contribution is -0.119. The first-order valence-corrected chi connectivity index (χ1v) is 5.78. The molecular weight excluding hydrogens is 253 g/mol. The zero-order chi connectivity index (χ0) is 14.6. The number of rotatable bonds is 5. The summed E-state index contributed by atoms with van der Waals surface area (Å²) in [5, 5.41) is 22.2. The Kier molecular flexibility index (Phi) is 5.08. The van der Waals surface area contributed by atoms with E-state index in [1.54, 1.807) is 0 Å². The van der Waals surface area contributed by atoms with E-state index in [9.17, 15) is 19.4 Å². The number of nitrogen functional groups attached to an aromatic ring is 2. The van der Waals surface area contributed by atoms with E-state index in [0.717, 1.165) is 12.1 Å². The van der Waals surface area contributed by atoms with Crippen molar-refractivity contribution < 1.29 is 19.4 Å². The number of aliphatic hydroxyl groups excluding tert-OH is 2. The normalized spacial score (nSPS) is 13.9. The maximum atomic E-state index is 13.2. The van der Waals surface area contributed by atoms with Crippen molar-refractivity contribution in [3.05, 3.63) is 23.5 Å². The van der Waals surface area contributed by atoms with Crippen molar-refractivity contribution in [3.8, 4) is 0 Å². The summed E-state index contributed by atoms with van der Waals surface area (Å²) in [6, 6.07) is 2.06. The molecule has 0 aromatic heterocycles. The molecule has 0 fully saturated rings. The summed E-state index contributed by atoms with van der Waals surface area (Å²) in [4.78, 5) is 10.7. The molecule has 19 heavy (non-hydrogen) atoms. The van der Waals surface area contributed by atoms with Gasteiger partial charge in [-0.1, -0.05) is 0 Å². The van der Waals surface area contributed by atoms with E-state index in [1.165, 1.54) is 6.92 Å². The van der Waals surface area contributed by atoms with Crippen LogP contribution in [0.2, 0.25) is 0 Å². The number of benzene rings is 1. The molecule has 0 spiro atoms. The molecule has 1 aromatic rings. The van der Waals surface area contributed by atoms with Crippen molar-refractivity contribution in [2.75, 3.05) is 18.0 Å². The highest BCUT2D eigenvalue weighted by Crippen LogP contribution is 2.29. The van der Waals surface area contributed by atoms with Crippen molar-refractivity contribution in [1.29, 1.82) is 0 Å². The molecule has 1 aromatic carbocycles. The zero-order valence-corrected chi connectivity index (χ0v) is 10.6. The summed E-state index contributed by atoms with van der Waals surface area (Å²) in [7, 11) is 0. The van der Waals surface area contributed by atoms with E-state index in [-0.39, 0.29) is 35.8 Å². The fraction of sp³-hybridized carbons (Fsp3) is 0.417. The van der Waals surface area contributed by atoms with Crippen LogP contribution in [0.4, 0.5) is 15.8 Å². The molecule has 2 unspecified atom stereocenters. The van der Waals surface area contributed by atoms with Crippen LogP contribution < -0.4 is 16.8 Å². The maximum absolute atomic E-state index is 13.2. The highest BCUT2D eigenvalue weighted by Gasteiger charge is 2.22. The van der Waals surface area contributed by atoms with Gasteiger partial charge in [0.15, 0.2) is 0 Å². The van der Waals surface area contributed by atoms with Crippen LogP contribution in [0.3, 0.4) is 0 Å². The van der Waals surface area contributed by atoms with Crippen molar-refractivity contribution in [3.63, 3.8) is 0 Å². The number of hydrogen-bond donors (Lipinski definition) is 5.